The molecule has 1 saturated heterocycles. The number of methoxy groups -OCH3 is 1. The molecule has 8 heteroatoms. The molecule has 0 radical (unpaired) electrons. The topological polar surface area (TPSA) is 93.4 Å². The van der Waals surface area contributed by atoms with Crippen LogP contribution in [0.5, 0.6) is 0 Å². The number of ether oxygens (including phenoxy) is 1. The summed E-state index contributed by atoms with van der Waals surface area (Å²) in [5.41, 5.74) is 7.00. The molecule has 0 bridgehead atoms. The fourth-order valence-electron chi connectivity index (χ4n) is 2.67. The fraction of sp³-hybridized carbons (Fsp3) is 0.400. The van der Waals surface area contributed by atoms with Crippen LogP contribution in [-0.4, -0.2) is 45.2 Å². The van der Waals surface area contributed by atoms with Gasteiger partial charge in [0.15, 0.2) is 0 Å². The van der Waals surface area contributed by atoms with Gasteiger partial charge in [0.1, 0.15) is 0 Å². The Morgan fingerprint density at radius 3 is 2.57 bits per heavy atom. The molecule has 28 heavy (non-hydrogen) atoms. The van der Waals surface area contributed by atoms with Gasteiger partial charge in [-0.25, -0.2) is 4.79 Å². The van der Waals surface area contributed by atoms with Crippen molar-refractivity contribution in [3.8, 4) is 23.7 Å². The first kappa shape index (κ1) is 25.8. The number of nitrogens with one attached hydrogen (secondary N) is 2. The molecule has 0 unspecified atom stereocenters. The van der Waals surface area contributed by atoms with Crippen LogP contribution in [-0.2, 0) is 9.53 Å². The van der Waals surface area contributed by atoms with E-state index in [1.54, 1.807) is 18.2 Å². The van der Waals surface area contributed by atoms with Crippen molar-refractivity contribution >= 4 is 36.7 Å². The van der Waals surface area contributed by atoms with Gasteiger partial charge in [-0.3, -0.25) is 4.79 Å². The minimum atomic E-state index is -0.458. The zero-order valence-corrected chi connectivity index (χ0v) is 17.3. The Labute approximate surface area is 178 Å². The van der Waals surface area contributed by atoms with Crippen LogP contribution in [0.15, 0.2) is 18.2 Å². The molecule has 1 amide bonds. The summed E-state index contributed by atoms with van der Waals surface area (Å²) in [5.74, 6) is 11.2. The number of hydrogen-bond acceptors (Lipinski definition) is 5. The van der Waals surface area contributed by atoms with E-state index in [-0.39, 0.29) is 49.7 Å². The summed E-state index contributed by atoms with van der Waals surface area (Å²) < 4.78 is 4.75. The van der Waals surface area contributed by atoms with Crippen molar-refractivity contribution in [1.82, 2.24) is 10.6 Å². The molecular formula is C20H25Cl2N3O3. The van der Waals surface area contributed by atoms with Crippen molar-refractivity contribution in [2.45, 2.75) is 12.8 Å². The highest BCUT2D eigenvalue weighted by molar-refractivity contribution is 5.92. The fourth-order valence-corrected chi connectivity index (χ4v) is 2.67. The Morgan fingerprint density at radius 1 is 1.21 bits per heavy atom. The second-order valence-electron chi connectivity index (χ2n) is 5.80. The number of amides is 1. The number of hydrogen-bond donors (Lipinski definition) is 3. The molecule has 1 aliphatic heterocycles. The second kappa shape index (κ2) is 13.9. The zero-order valence-electron chi connectivity index (χ0n) is 15.7. The highest BCUT2D eigenvalue weighted by Crippen LogP contribution is 2.12. The van der Waals surface area contributed by atoms with Gasteiger partial charge >= 0.3 is 5.97 Å². The van der Waals surface area contributed by atoms with E-state index in [1.807, 2.05) is 0 Å². The van der Waals surface area contributed by atoms with Gasteiger partial charge in [-0.05, 0) is 44.1 Å². The lowest BCUT2D eigenvalue weighted by Gasteiger charge is -2.21. The number of nitrogens with two attached hydrogens (primary N) is 1. The van der Waals surface area contributed by atoms with Crippen LogP contribution >= 0.6 is 24.8 Å². The van der Waals surface area contributed by atoms with Crippen molar-refractivity contribution in [3.05, 3.63) is 34.9 Å². The van der Waals surface area contributed by atoms with Gasteiger partial charge in [0, 0.05) is 17.0 Å². The lowest BCUT2D eigenvalue weighted by Crippen LogP contribution is -2.38. The highest BCUT2D eigenvalue weighted by atomic mass is 35.5. The first-order valence-corrected chi connectivity index (χ1v) is 8.54. The summed E-state index contributed by atoms with van der Waals surface area (Å²) in [6.45, 7) is 2.23. The number of piperidine rings is 1. The van der Waals surface area contributed by atoms with Crippen LogP contribution in [0.1, 0.15) is 34.3 Å². The minimum Gasteiger partial charge on any atom is -0.465 e. The van der Waals surface area contributed by atoms with Crippen LogP contribution in [0.25, 0.3) is 0 Å². The predicted molar refractivity (Wildman–Crippen MR) is 114 cm³/mol. The first-order chi connectivity index (χ1) is 12.7. The third-order valence-corrected chi connectivity index (χ3v) is 4.04. The van der Waals surface area contributed by atoms with Crippen LogP contribution in [0, 0.1) is 29.6 Å². The maximum absolute atomic E-state index is 12.0. The molecule has 152 valence electrons. The largest absolute Gasteiger partial charge is 0.465 e. The zero-order chi connectivity index (χ0) is 18.8. The Bertz CT molecular complexity index is 785. The quantitative estimate of drug-likeness (QED) is 0.497. The molecule has 1 fully saturated rings. The normalized spacial score (nSPS) is 12.6. The van der Waals surface area contributed by atoms with E-state index < -0.39 is 5.97 Å². The number of benzene rings is 1. The van der Waals surface area contributed by atoms with Crippen LogP contribution < -0.4 is 16.4 Å². The standard InChI is InChI=1S/C20H23N3O3.2ClH/c1-26-20(25)18-7-6-15(14-17(18)5-2-10-21)4-3-11-23-19(24)16-8-12-22-13-9-16;;/h6-7,14,16,22H,8-13,21H2,1H3,(H,23,24);2*1H. The van der Waals surface area contributed by atoms with Gasteiger partial charge in [-0.15, -0.1) is 24.8 Å². The van der Waals surface area contributed by atoms with Crippen molar-refractivity contribution < 1.29 is 14.3 Å². The molecule has 1 aromatic carbocycles. The summed E-state index contributed by atoms with van der Waals surface area (Å²) in [5, 5.41) is 6.09. The maximum Gasteiger partial charge on any atom is 0.339 e. The summed E-state index contributed by atoms with van der Waals surface area (Å²) >= 11 is 0. The monoisotopic (exact) mass is 425 g/mol. The maximum atomic E-state index is 12.0. The van der Waals surface area contributed by atoms with E-state index in [1.165, 1.54) is 7.11 Å². The molecule has 1 heterocycles. The number of carbonyl (C=O) groups is 2. The average molecular weight is 426 g/mol. The number of halogens is 2. The van der Waals surface area contributed by atoms with Gasteiger partial charge in [0.05, 0.1) is 25.8 Å². The average Bonchev–Trinajstić information content (AvgIpc) is 2.69. The number of rotatable bonds is 3. The number of esters is 1. The lowest BCUT2D eigenvalue weighted by molar-refractivity contribution is -0.125. The van der Waals surface area contributed by atoms with Gasteiger partial charge in [-0.2, -0.15) is 0 Å². The molecule has 2 rings (SSSR count). The van der Waals surface area contributed by atoms with E-state index >= 15 is 0 Å². The third kappa shape index (κ3) is 7.80. The van der Waals surface area contributed by atoms with E-state index in [4.69, 9.17) is 10.5 Å². The summed E-state index contributed by atoms with van der Waals surface area (Å²) in [4.78, 5) is 23.8. The molecule has 0 saturated carbocycles. The Kier molecular flexibility index (Phi) is 12.8. The first-order valence-electron chi connectivity index (χ1n) is 8.54. The van der Waals surface area contributed by atoms with Gasteiger partial charge in [0.2, 0.25) is 5.91 Å². The Hall–Kier alpha value is -2.22. The molecule has 1 aliphatic rings. The minimum absolute atomic E-state index is 0. The van der Waals surface area contributed by atoms with Crippen LogP contribution in [0.2, 0.25) is 0 Å². The smallest absolute Gasteiger partial charge is 0.339 e. The van der Waals surface area contributed by atoms with E-state index in [0.717, 1.165) is 25.9 Å². The van der Waals surface area contributed by atoms with Crippen LogP contribution in [0.4, 0.5) is 0 Å². The predicted octanol–water partition coefficient (Wildman–Crippen LogP) is 1.09. The Morgan fingerprint density at radius 2 is 1.93 bits per heavy atom. The lowest BCUT2D eigenvalue weighted by atomic mass is 9.97. The molecule has 0 spiro atoms. The van der Waals surface area contributed by atoms with Crippen molar-refractivity contribution in [3.63, 3.8) is 0 Å². The van der Waals surface area contributed by atoms with E-state index in [2.05, 4.69) is 34.3 Å². The molecular weight excluding hydrogens is 401 g/mol. The summed E-state index contributed by atoms with van der Waals surface area (Å²) in [6.07, 6.45) is 1.72. The molecule has 4 N–H and O–H groups in total. The van der Waals surface area contributed by atoms with E-state index in [0.29, 0.717) is 16.7 Å². The second-order valence-corrected chi connectivity index (χ2v) is 5.80. The summed E-state index contributed by atoms with van der Waals surface area (Å²) in [6, 6.07) is 5.07. The van der Waals surface area contributed by atoms with Crippen molar-refractivity contribution in [2.75, 3.05) is 33.3 Å². The highest BCUT2D eigenvalue weighted by Gasteiger charge is 2.19. The third-order valence-electron chi connectivity index (χ3n) is 4.04. The van der Waals surface area contributed by atoms with Gasteiger partial charge < -0.3 is 21.1 Å². The van der Waals surface area contributed by atoms with E-state index in [9.17, 15) is 9.59 Å². The molecule has 0 aromatic heterocycles. The van der Waals surface area contributed by atoms with Crippen molar-refractivity contribution in [1.29, 1.82) is 0 Å². The number of carbonyl (C=O) groups excluding carboxylic acids is 2. The van der Waals surface area contributed by atoms with Crippen LogP contribution in [0.3, 0.4) is 0 Å². The molecule has 0 atom stereocenters. The Balaban J connectivity index is 0.00000364. The summed E-state index contributed by atoms with van der Waals surface area (Å²) in [7, 11) is 1.32. The van der Waals surface area contributed by atoms with Crippen molar-refractivity contribution in [2.24, 2.45) is 11.7 Å². The molecule has 0 aliphatic carbocycles. The van der Waals surface area contributed by atoms with Gasteiger partial charge in [0.25, 0.3) is 0 Å². The van der Waals surface area contributed by atoms with Gasteiger partial charge in [-0.1, -0.05) is 23.7 Å². The SMILES string of the molecule is COC(=O)c1ccc(C#CCNC(=O)C2CCNCC2)cc1C#CCN.Cl.Cl. The molecule has 6 nitrogen and oxygen atoms in total. The molecule has 1 aromatic rings.